The van der Waals surface area contributed by atoms with E-state index < -0.39 is 10.0 Å². The van der Waals surface area contributed by atoms with E-state index in [1.807, 2.05) is 30.3 Å². The third-order valence-electron chi connectivity index (χ3n) is 5.60. The predicted octanol–water partition coefficient (Wildman–Crippen LogP) is 4.69. The Kier molecular flexibility index (Phi) is 6.51. The molecule has 5 nitrogen and oxygen atoms in total. The van der Waals surface area contributed by atoms with Gasteiger partial charge in [0.2, 0.25) is 10.0 Å². The van der Waals surface area contributed by atoms with Gasteiger partial charge in [-0.3, -0.25) is 4.79 Å². The molecule has 0 radical (unpaired) electrons. The highest BCUT2D eigenvalue weighted by Crippen LogP contribution is 2.28. The predicted molar refractivity (Wildman–Crippen MR) is 121 cm³/mol. The third-order valence-corrected chi connectivity index (χ3v) is 8.59. The Bertz CT molecular complexity index is 1100. The summed E-state index contributed by atoms with van der Waals surface area (Å²) in [6, 6.07) is 16.4. The summed E-state index contributed by atoms with van der Waals surface area (Å²) in [6.07, 6.45) is 6.15. The van der Waals surface area contributed by atoms with Gasteiger partial charge in [0.1, 0.15) is 4.21 Å². The summed E-state index contributed by atoms with van der Waals surface area (Å²) in [5, 5.41) is 3.95. The van der Waals surface area contributed by atoms with Gasteiger partial charge in [-0.25, -0.2) is 13.1 Å². The van der Waals surface area contributed by atoms with Crippen LogP contribution in [0.1, 0.15) is 48.0 Å². The minimum absolute atomic E-state index is 0.102. The van der Waals surface area contributed by atoms with Gasteiger partial charge in [0, 0.05) is 23.4 Å². The normalized spacial score (nSPS) is 15.3. The van der Waals surface area contributed by atoms with Gasteiger partial charge in [0.25, 0.3) is 5.91 Å². The van der Waals surface area contributed by atoms with E-state index in [4.69, 9.17) is 0 Å². The van der Waals surface area contributed by atoms with Crippen molar-refractivity contribution in [1.82, 2.24) is 10.0 Å². The molecule has 2 aromatic carbocycles. The molecule has 1 saturated carbocycles. The van der Waals surface area contributed by atoms with Crippen LogP contribution in [0.3, 0.4) is 0 Å². The molecule has 0 atom stereocenters. The zero-order valence-corrected chi connectivity index (χ0v) is 18.4. The van der Waals surface area contributed by atoms with Crippen molar-refractivity contribution in [2.45, 2.75) is 42.9 Å². The van der Waals surface area contributed by atoms with Crippen molar-refractivity contribution in [2.24, 2.45) is 5.92 Å². The average Bonchev–Trinajstić information content (AvgIpc) is 3.22. The first kappa shape index (κ1) is 21.0. The minimum atomic E-state index is -3.61. The Morgan fingerprint density at radius 3 is 2.60 bits per heavy atom. The van der Waals surface area contributed by atoms with Crippen molar-refractivity contribution in [2.75, 3.05) is 6.54 Å². The quantitative estimate of drug-likeness (QED) is 0.557. The van der Waals surface area contributed by atoms with E-state index in [0.717, 1.165) is 15.6 Å². The van der Waals surface area contributed by atoms with E-state index in [1.165, 1.54) is 43.4 Å². The maximum Gasteiger partial charge on any atom is 0.251 e. The summed E-state index contributed by atoms with van der Waals surface area (Å²) >= 11 is 1.25. The van der Waals surface area contributed by atoms with Crippen LogP contribution in [-0.4, -0.2) is 20.9 Å². The molecule has 1 fully saturated rings. The Hall–Kier alpha value is -2.22. The molecule has 0 aliphatic heterocycles. The molecule has 0 unspecified atom stereocenters. The van der Waals surface area contributed by atoms with Crippen LogP contribution in [0.5, 0.6) is 0 Å². The second-order valence-corrected chi connectivity index (χ2v) is 10.9. The number of fused-ring (bicyclic) bond motifs is 1. The highest BCUT2D eigenvalue weighted by Gasteiger charge is 2.18. The number of carbonyl (C=O) groups is 1. The van der Waals surface area contributed by atoms with Crippen LogP contribution in [0.4, 0.5) is 0 Å². The molecule has 1 aliphatic carbocycles. The Balaban J connectivity index is 1.38. The first-order chi connectivity index (χ1) is 14.5. The highest BCUT2D eigenvalue weighted by atomic mass is 32.2. The molecule has 0 spiro atoms. The second-order valence-electron chi connectivity index (χ2n) is 7.84. The summed E-state index contributed by atoms with van der Waals surface area (Å²) in [7, 11) is -3.61. The molecule has 0 bridgehead atoms. The van der Waals surface area contributed by atoms with Crippen LogP contribution in [0, 0.1) is 5.92 Å². The average molecular weight is 443 g/mol. The summed E-state index contributed by atoms with van der Waals surface area (Å²) in [6.45, 7) is 0.849. The van der Waals surface area contributed by atoms with E-state index in [2.05, 4.69) is 10.0 Å². The van der Waals surface area contributed by atoms with Crippen molar-refractivity contribution >= 4 is 37.4 Å². The number of carbonyl (C=O) groups excluding carboxylic acids is 1. The molecule has 30 heavy (non-hydrogen) atoms. The van der Waals surface area contributed by atoms with Gasteiger partial charge in [-0.05, 0) is 54.0 Å². The van der Waals surface area contributed by atoms with E-state index in [-0.39, 0.29) is 12.5 Å². The molecule has 1 heterocycles. The smallest absolute Gasteiger partial charge is 0.251 e. The molecule has 1 amide bonds. The van der Waals surface area contributed by atoms with Crippen LogP contribution in [0.15, 0.2) is 58.8 Å². The maximum atomic E-state index is 12.7. The van der Waals surface area contributed by atoms with Gasteiger partial charge in [-0.2, -0.15) is 0 Å². The number of rotatable bonds is 7. The zero-order valence-electron chi connectivity index (χ0n) is 16.8. The number of amides is 1. The topological polar surface area (TPSA) is 75.3 Å². The van der Waals surface area contributed by atoms with E-state index in [0.29, 0.717) is 22.2 Å². The van der Waals surface area contributed by atoms with Crippen molar-refractivity contribution in [3.8, 4) is 0 Å². The largest absolute Gasteiger partial charge is 0.352 e. The Morgan fingerprint density at radius 1 is 1.00 bits per heavy atom. The summed E-state index contributed by atoms with van der Waals surface area (Å²) in [5.74, 6) is 0.466. The number of thiophene rings is 1. The molecule has 0 saturated heterocycles. The lowest BCUT2D eigenvalue weighted by molar-refractivity contribution is 0.0943. The van der Waals surface area contributed by atoms with E-state index in [9.17, 15) is 13.2 Å². The highest BCUT2D eigenvalue weighted by molar-refractivity contribution is 7.91. The Morgan fingerprint density at radius 2 is 1.80 bits per heavy atom. The molecule has 4 rings (SSSR count). The van der Waals surface area contributed by atoms with Crippen LogP contribution < -0.4 is 10.0 Å². The number of nitrogens with one attached hydrogen (secondary N) is 2. The number of benzene rings is 2. The van der Waals surface area contributed by atoms with Gasteiger partial charge in [0.15, 0.2) is 0 Å². The SMILES string of the molecule is O=C(NCC1CCCCC1)c1cccc(CNS(=O)(=O)c2cc3ccccc3s2)c1. The first-order valence-corrected chi connectivity index (χ1v) is 12.7. The lowest BCUT2D eigenvalue weighted by Crippen LogP contribution is -2.30. The molecule has 2 N–H and O–H groups in total. The molecule has 7 heteroatoms. The van der Waals surface area contributed by atoms with Crippen molar-refractivity contribution in [3.63, 3.8) is 0 Å². The fourth-order valence-electron chi connectivity index (χ4n) is 3.89. The van der Waals surface area contributed by atoms with Crippen LogP contribution in [-0.2, 0) is 16.6 Å². The molecule has 158 valence electrons. The van der Waals surface area contributed by atoms with Gasteiger partial charge < -0.3 is 5.32 Å². The van der Waals surface area contributed by atoms with Crippen molar-refractivity contribution in [3.05, 3.63) is 65.7 Å². The standard InChI is InChI=1S/C23H26N2O3S2/c26-23(24-15-17-7-2-1-3-8-17)20-11-6-9-18(13-20)16-25-30(27,28)22-14-19-10-4-5-12-21(19)29-22/h4-6,9-14,17,25H,1-3,7-8,15-16H2,(H,24,26). The van der Waals surface area contributed by atoms with Crippen molar-refractivity contribution < 1.29 is 13.2 Å². The van der Waals surface area contributed by atoms with E-state index >= 15 is 0 Å². The van der Waals surface area contributed by atoms with Crippen LogP contribution >= 0.6 is 11.3 Å². The molecule has 3 aromatic rings. The van der Waals surface area contributed by atoms with Gasteiger partial charge in [-0.1, -0.05) is 49.6 Å². The second kappa shape index (κ2) is 9.29. The minimum Gasteiger partial charge on any atom is -0.352 e. The first-order valence-electron chi connectivity index (χ1n) is 10.4. The number of hydrogen-bond acceptors (Lipinski definition) is 4. The monoisotopic (exact) mass is 442 g/mol. The third kappa shape index (κ3) is 5.09. The summed E-state index contributed by atoms with van der Waals surface area (Å²) < 4.78 is 29.3. The maximum absolute atomic E-state index is 12.7. The zero-order chi connectivity index (χ0) is 21.0. The van der Waals surface area contributed by atoms with Gasteiger partial charge in [-0.15, -0.1) is 11.3 Å². The lowest BCUT2D eigenvalue weighted by atomic mass is 9.89. The number of hydrogen-bond donors (Lipinski definition) is 2. The fraction of sp³-hybridized carbons (Fsp3) is 0.348. The van der Waals surface area contributed by atoms with Gasteiger partial charge >= 0.3 is 0 Å². The fourth-order valence-corrected chi connectivity index (χ4v) is 6.35. The summed E-state index contributed by atoms with van der Waals surface area (Å²) in [5.41, 5.74) is 1.31. The molecular formula is C23H26N2O3S2. The lowest BCUT2D eigenvalue weighted by Gasteiger charge is -2.21. The Labute approximate surface area is 181 Å². The van der Waals surface area contributed by atoms with Gasteiger partial charge in [0.05, 0.1) is 0 Å². The summed E-state index contributed by atoms with van der Waals surface area (Å²) in [4.78, 5) is 12.5. The van der Waals surface area contributed by atoms with Crippen LogP contribution in [0.25, 0.3) is 10.1 Å². The van der Waals surface area contributed by atoms with E-state index in [1.54, 1.807) is 24.3 Å². The molecular weight excluding hydrogens is 416 g/mol. The van der Waals surface area contributed by atoms with Crippen LogP contribution in [0.2, 0.25) is 0 Å². The molecule has 1 aliphatic rings. The number of sulfonamides is 1. The van der Waals surface area contributed by atoms with Crippen molar-refractivity contribution in [1.29, 1.82) is 0 Å². The molecule has 1 aromatic heterocycles.